The summed E-state index contributed by atoms with van der Waals surface area (Å²) in [7, 11) is 0.850. The summed E-state index contributed by atoms with van der Waals surface area (Å²) in [4.78, 5) is 7.37. The van der Waals surface area contributed by atoms with E-state index in [2.05, 4.69) is 34.6 Å². The predicted octanol–water partition coefficient (Wildman–Crippen LogP) is 3.55. The van der Waals surface area contributed by atoms with Crippen LogP contribution in [0.4, 0.5) is 0 Å². The van der Waals surface area contributed by atoms with E-state index in [1.807, 2.05) is 32.9 Å². The molecule has 2 N–H and O–H groups in total. The third-order valence-corrected chi connectivity index (χ3v) is 7.05. The fourth-order valence-electron chi connectivity index (χ4n) is 3.49. The number of para-hydroxylation sites is 1. The lowest BCUT2D eigenvalue weighted by molar-refractivity contribution is 0.245. The number of halogens is 1. The van der Waals surface area contributed by atoms with Crippen molar-refractivity contribution in [3.63, 3.8) is 0 Å². The van der Waals surface area contributed by atoms with E-state index in [1.54, 1.807) is 7.11 Å². The molecule has 0 amide bonds. The Hall–Kier alpha value is -0.870. The Kier molecular flexibility index (Phi) is 12.2. The molecule has 0 bridgehead atoms. The summed E-state index contributed by atoms with van der Waals surface area (Å²) < 4.78 is 17.7. The zero-order valence-electron chi connectivity index (χ0n) is 19.1. The smallest absolute Gasteiger partial charge is 0.191 e. The van der Waals surface area contributed by atoms with Crippen molar-refractivity contribution < 1.29 is 8.95 Å². The van der Waals surface area contributed by atoms with Gasteiger partial charge in [0.15, 0.2) is 5.96 Å². The molecule has 1 aromatic rings. The number of aliphatic imine (C=N–C) groups is 1. The lowest BCUT2D eigenvalue weighted by atomic mass is 10.0. The van der Waals surface area contributed by atoms with Crippen LogP contribution in [0.5, 0.6) is 5.75 Å². The monoisotopic (exact) mass is 550 g/mol. The van der Waals surface area contributed by atoms with Crippen molar-refractivity contribution in [1.29, 1.82) is 0 Å². The zero-order valence-corrected chi connectivity index (χ0v) is 22.2. The molecule has 0 radical (unpaired) electrons. The number of rotatable bonds is 9. The third kappa shape index (κ3) is 8.34. The van der Waals surface area contributed by atoms with Gasteiger partial charge in [-0.05, 0) is 59.7 Å². The van der Waals surface area contributed by atoms with Gasteiger partial charge in [-0.15, -0.1) is 24.0 Å². The van der Waals surface area contributed by atoms with Crippen molar-refractivity contribution in [1.82, 2.24) is 15.5 Å². The Labute approximate surface area is 202 Å². The summed E-state index contributed by atoms with van der Waals surface area (Å²) in [6.07, 6.45) is 2.46. The van der Waals surface area contributed by atoms with Gasteiger partial charge in [0.2, 0.25) is 0 Å². The van der Waals surface area contributed by atoms with Gasteiger partial charge in [0.1, 0.15) is 5.75 Å². The van der Waals surface area contributed by atoms with Crippen LogP contribution in [0.3, 0.4) is 0 Å². The number of guanidine groups is 1. The van der Waals surface area contributed by atoms with Crippen molar-refractivity contribution in [2.75, 3.05) is 45.6 Å². The lowest BCUT2D eigenvalue weighted by Crippen LogP contribution is -2.41. The minimum Gasteiger partial charge on any atom is -0.496 e. The topological polar surface area (TPSA) is 66.0 Å². The number of nitrogens with zero attached hydrogens (tertiary/aromatic N) is 2. The summed E-state index contributed by atoms with van der Waals surface area (Å²) >= 11 is 0. The summed E-state index contributed by atoms with van der Waals surface area (Å²) in [5, 5.41) is 6.66. The van der Waals surface area contributed by atoms with Crippen LogP contribution in [-0.4, -0.2) is 65.4 Å². The normalized spacial score (nSPS) is 17.2. The van der Waals surface area contributed by atoms with Crippen LogP contribution in [0.2, 0.25) is 0 Å². The molecule has 1 aliphatic rings. The number of benzene rings is 1. The quantitative estimate of drug-likeness (QED) is 0.280. The van der Waals surface area contributed by atoms with E-state index in [1.165, 1.54) is 18.4 Å². The molecule has 0 spiro atoms. The molecule has 2 rings (SSSR count). The molecule has 1 aromatic carbocycles. The van der Waals surface area contributed by atoms with Gasteiger partial charge in [0.05, 0.1) is 19.7 Å². The van der Waals surface area contributed by atoms with Crippen LogP contribution in [0, 0.1) is 0 Å². The Morgan fingerprint density at radius 1 is 1.23 bits per heavy atom. The number of methoxy groups -OCH3 is 1. The summed E-state index contributed by atoms with van der Waals surface area (Å²) in [6.45, 7) is 12.3. The summed E-state index contributed by atoms with van der Waals surface area (Å²) in [6, 6.07) is 8.42. The summed E-state index contributed by atoms with van der Waals surface area (Å²) in [5.41, 5.74) is 1.19. The molecule has 1 heterocycles. The van der Waals surface area contributed by atoms with Crippen LogP contribution in [0.15, 0.2) is 29.3 Å². The van der Waals surface area contributed by atoms with Gasteiger partial charge in [0.25, 0.3) is 0 Å². The molecule has 172 valence electrons. The molecule has 0 aliphatic carbocycles. The Bertz CT molecular complexity index is 688. The maximum absolute atomic E-state index is 12.3. The van der Waals surface area contributed by atoms with Gasteiger partial charge in [-0.2, -0.15) is 0 Å². The molecule has 2 unspecified atom stereocenters. The average Bonchev–Trinajstić information content (AvgIpc) is 3.22. The first-order chi connectivity index (χ1) is 13.9. The zero-order chi connectivity index (χ0) is 21.3. The number of hydrogen-bond acceptors (Lipinski definition) is 4. The molecule has 0 saturated carbocycles. The maximum Gasteiger partial charge on any atom is 0.191 e. The van der Waals surface area contributed by atoms with Crippen molar-refractivity contribution in [2.45, 2.75) is 51.3 Å². The fourth-order valence-corrected chi connectivity index (χ4v) is 4.39. The molecular formula is C22H39IN4O2S. The molecule has 6 nitrogen and oxygen atoms in total. The van der Waals surface area contributed by atoms with Crippen LogP contribution in [0.25, 0.3) is 0 Å². The molecular weight excluding hydrogens is 511 g/mol. The van der Waals surface area contributed by atoms with E-state index in [4.69, 9.17) is 9.73 Å². The summed E-state index contributed by atoms with van der Waals surface area (Å²) in [5.74, 6) is 2.30. The Morgan fingerprint density at radius 3 is 2.50 bits per heavy atom. The second kappa shape index (κ2) is 13.5. The second-order valence-corrected chi connectivity index (χ2v) is 10.6. The van der Waals surface area contributed by atoms with Gasteiger partial charge >= 0.3 is 0 Å². The van der Waals surface area contributed by atoms with Crippen molar-refractivity contribution >= 4 is 40.7 Å². The Morgan fingerprint density at radius 2 is 1.90 bits per heavy atom. The number of nitrogens with one attached hydrogen (secondary N) is 2. The van der Waals surface area contributed by atoms with Crippen molar-refractivity contribution in [3.05, 3.63) is 29.8 Å². The van der Waals surface area contributed by atoms with E-state index in [9.17, 15) is 4.21 Å². The highest BCUT2D eigenvalue weighted by molar-refractivity contribution is 14.0. The van der Waals surface area contributed by atoms with Crippen molar-refractivity contribution in [2.24, 2.45) is 4.99 Å². The highest BCUT2D eigenvalue weighted by atomic mass is 127. The molecule has 8 heteroatoms. The maximum atomic E-state index is 12.3. The van der Waals surface area contributed by atoms with E-state index in [0.717, 1.165) is 31.3 Å². The van der Waals surface area contributed by atoms with Gasteiger partial charge in [-0.1, -0.05) is 18.2 Å². The van der Waals surface area contributed by atoms with Crippen LogP contribution >= 0.6 is 24.0 Å². The van der Waals surface area contributed by atoms with Crippen LogP contribution < -0.4 is 15.4 Å². The molecule has 1 fully saturated rings. The Balaban J connectivity index is 0.00000450. The number of hydrogen-bond donors (Lipinski definition) is 2. The van der Waals surface area contributed by atoms with E-state index >= 15 is 0 Å². The third-order valence-electron chi connectivity index (χ3n) is 5.11. The highest BCUT2D eigenvalue weighted by Gasteiger charge is 2.26. The molecule has 2 atom stereocenters. The molecule has 0 aromatic heterocycles. The fraction of sp³-hybridized carbons (Fsp3) is 0.682. The van der Waals surface area contributed by atoms with E-state index < -0.39 is 10.8 Å². The first-order valence-electron chi connectivity index (χ1n) is 10.6. The van der Waals surface area contributed by atoms with Gasteiger partial charge in [0, 0.05) is 40.0 Å². The second-order valence-electron chi connectivity index (χ2n) is 8.31. The van der Waals surface area contributed by atoms with E-state index in [-0.39, 0.29) is 34.8 Å². The molecule has 1 aliphatic heterocycles. The molecule has 30 heavy (non-hydrogen) atoms. The highest BCUT2D eigenvalue weighted by Crippen LogP contribution is 2.31. The first kappa shape index (κ1) is 27.2. The van der Waals surface area contributed by atoms with Gasteiger partial charge in [-0.3, -0.25) is 14.1 Å². The number of likely N-dealkylation sites (tertiary alicyclic amines) is 1. The number of ether oxygens (including phenoxy) is 1. The molecule has 1 saturated heterocycles. The van der Waals surface area contributed by atoms with Gasteiger partial charge < -0.3 is 15.4 Å². The predicted molar refractivity (Wildman–Crippen MR) is 139 cm³/mol. The van der Waals surface area contributed by atoms with Crippen LogP contribution in [-0.2, 0) is 10.8 Å². The average molecular weight is 551 g/mol. The largest absolute Gasteiger partial charge is 0.496 e. The van der Waals surface area contributed by atoms with Gasteiger partial charge in [-0.25, -0.2) is 0 Å². The van der Waals surface area contributed by atoms with Crippen LogP contribution in [0.1, 0.15) is 52.1 Å². The van der Waals surface area contributed by atoms with Crippen molar-refractivity contribution in [3.8, 4) is 5.75 Å². The standard InChI is InChI=1S/C22H38N4O2S.HI/c1-6-23-21(24-13-16-29(27)22(2,3)4)25-17-19(26-14-9-10-15-26)18-11-7-8-12-20(18)28-5;/h7-8,11-12,19H,6,9-10,13-17H2,1-5H3,(H2,23,24,25);1H. The lowest BCUT2D eigenvalue weighted by Gasteiger charge is -2.28. The van der Waals surface area contributed by atoms with E-state index in [0.29, 0.717) is 18.8 Å². The minimum absolute atomic E-state index is 0. The first-order valence-corrected chi connectivity index (χ1v) is 12.0. The SMILES string of the molecule is CCNC(=NCC(c1ccccc1OC)N1CCCC1)NCCS(=O)C(C)(C)C.I. The minimum atomic E-state index is -0.876.